The van der Waals surface area contributed by atoms with E-state index in [2.05, 4.69) is 5.32 Å². The Hall–Kier alpha value is -1.29. The highest BCUT2D eigenvalue weighted by molar-refractivity contribution is 5.75. The number of nitrogens with one attached hydrogen (secondary N) is 1. The summed E-state index contributed by atoms with van der Waals surface area (Å²) >= 11 is 0. The molecule has 90 valence electrons. The van der Waals surface area contributed by atoms with Crippen molar-refractivity contribution >= 4 is 5.91 Å². The molecule has 4 nitrogen and oxygen atoms in total. The second-order valence-electron chi connectivity index (χ2n) is 4.08. The van der Waals surface area contributed by atoms with Crippen LogP contribution in [0.4, 0.5) is 0 Å². The van der Waals surface area contributed by atoms with Gasteiger partial charge in [-0.15, -0.1) is 0 Å². The van der Waals surface area contributed by atoms with Gasteiger partial charge >= 0.3 is 0 Å². The number of hydrogen-bond donors (Lipinski definition) is 1. The Balaban J connectivity index is 2.14. The predicted octanol–water partition coefficient (Wildman–Crippen LogP) is 1.80. The molecule has 0 aliphatic heterocycles. The Labute approximate surface area is 96.6 Å². The van der Waals surface area contributed by atoms with Gasteiger partial charge in [0.25, 0.3) is 0 Å². The van der Waals surface area contributed by atoms with Gasteiger partial charge in [0, 0.05) is 20.5 Å². The molecule has 1 aromatic heterocycles. The lowest BCUT2D eigenvalue weighted by molar-refractivity contribution is -0.128. The maximum atomic E-state index is 11.3. The highest BCUT2D eigenvalue weighted by Crippen LogP contribution is 2.11. The molecule has 0 radical (unpaired) electrons. The van der Waals surface area contributed by atoms with Crippen molar-refractivity contribution in [1.29, 1.82) is 0 Å². The van der Waals surface area contributed by atoms with Gasteiger partial charge in [-0.3, -0.25) is 4.79 Å². The number of carbonyl (C=O) groups excluding carboxylic acids is 1. The zero-order chi connectivity index (χ0) is 12.0. The molecule has 0 saturated heterocycles. The van der Waals surface area contributed by atoms with Crippen LogP contribution in [-0.2, 0) is 4.79 Å². The summed E-state index contributed by atoms with van der Waals surface area (Å²) in [4.78, 5) is 12.9. The van der Waals surface area contributed by atoms with Crippen molar-refractivity contribution in [3.63, 3.8) is 0 Å². The van der Waals surface area contributed by atoms with Gasteiger partial charge in [-0.2, -0.15) is 0 Å². The van der Waals surface area contributed by atoms with Crippen LogP contribution >= 0.6 is 0 Å². The van der Waals surface area contributed by atoms with E-state index >= 15 is 0 Å². The van der Waals surface area contributed by atoms with Crippen LogP contribution in [0.1, 0.15) is 31.6 Å². The minimum atomic E-state index is 0.174. The summed E-state index contributed by atoms with van der Waals surface area (Å²) in [5, 5.41) is 3.31. The van der Waals surface area contributed by atoms with E-state index in [0.717, 1.165) is 18.7 Å². The van der Waals surface area contributed by atoms with Crippen molar-refractivity contribution in [2.24, 2.45) is 0 Å². The first-order chi connectivity index (χ1) is 7.61. The van der Waals surface area contributed by atoms with Crippen molar-refractivity contribution in [1.82, 2.24) is 10.2 Å². The molecule has 1 heterocycles. The van der Waals surface area contributed by atoms with Gasteiger partial charge in [-0.25, -0.2) is 0 Å². The van der Waals surface area contributed by atoms with E-state index in [1.165, 1.54) is 0 Å². The van der Waals surface area contributed by atoms with Gasteiger partial charge < -0.3 is 14.6 Å². The molecule has 0 unspecified atom stereocenters. The Bertz CT molecular complexity index is 307. The van der Waals surface area contributed by atoms with E-state index < -0.39 is 0 Å². The Kier molecular flexibility index (Phi) is 5.05. The zero-order valence-electron chi connectivity index (χ0n) is 10.2. The third kappa shape index (κ3) is 4.06. The topological polar surface area (TPSA) is 45.5 Å². The Morgan fingerprint density at radius 2 is 2.31 bits per heavy atom. The molecular weight excluding hydrogens is 204 g/mol. The van der Waals surface area contributed by atoms with Crippen molar-refractivity contribution in [3.8, 4) is 0 Å². The number of nitrogens with zero attached hydrogens (tertiary/aromatic N) is 1. The Morgan fingerprint density at radius 3 is 2.88 bits per heavy atom. The summed E-state index contributed by atoms with van der Waals surface area (Å²) in [5.74, 6) is 1.10. The van der Waals surface area contributed by atoms with Gasteiger partial charge in [0.1, 0.15) is 5.76 Å². The van der Waals surface area contributed by atoms with E-state index in [9.17, 15) is 4.79 Å². The third-order valence-corrected chi connectivity index (χ3v) is 2.49. The molecule has 16 heavy (non-hydrogen) atoms. The van der Waals surface area contributed by atoms with Crippen molar-refractivity contribution < 1.29 is 9.21 Å². The van der Waals surface area contributed by atoms with Gasteiger partial charge in [0.05, 0.1) is 12.3 Å². The molecule has 1 N–H and O–H groups in total. The molecule has 0 saturated carbocycles. The van der Waals surface area contributed by atoms with Crippen LogP contribution in [0.25, 0.3) is 0 Å². The molecule has 0 aliphatic carbocycles. The Morgan fingerprint density at radius 1 is 1.56 bits per heavy atom. The molecule has 0 fully saturated rings. The van der Waals surface area contributed by atoms with E-state index in [4.69, 9.17) is 4.42 Å². The van der Waals surface area contributed by atoms with Gasteiger partial charge in [0.15, 0.2) is 0 Å². The number of carbonyl (C=O) groups is 1. The van der Waals surface area contributed by atoms with Gasteiger partial charge in [-0.1, -0.05) is 0 Å². The molecule has 0 aromatic carbocycles. The van der Waals surface area contributed by atoms with Crippen LogP contribution in [0.3, 0.4) is 0 Å². The first kappa shape index (κ1) is 12.8. The monoisotopic (exact) mass is 224 g/mol. The average molecular weight is 224 g/mol. The molecule has 1 rings (SSSR count). The molecule has 4 heteroatoms. The maximum Gasteiger partial charge on any atom is 0.222 e. The fourth-order valence-electron chi connectivity index (χ4n) is 1.42. The maximum absolute atomic E-state index is 11.3. The minimum absolute atomic E-state index is 0.174. The number of furan rings is 1. The van der Waals surface area contributed by atoms with Crippen molar-refractivity contribution in [2.75, 3.05) is 20.6 Å². The van der Waals surface area contributed by atoms with Crippen LogP contribution in [-0.4, -0.2) is 31.4 Å². The minimum Gasteiger partial charge on any atom is -0.468 e. The quantitative estimate of drug-likeness (QED) is 0.749. The number of rotatable bonds is 6. The molecular formula is C12H20N2O2. The standard InChI is InChI=1S/C12H20N2O2/c1-10(11-6-5-9-16-11)13-8-4-7-12(15)14(2)3/h5-6,9-10,13H,4,7-8H2,1-3H3/t10-/m1/s1. The number of amides is 1. The van der Waals surface area contributed by atoms with Crippen LogP contribution in [0.15, 0.2) is 22.8 Å². The summed E-state index contributed by atoms with van der Waals surface area (Å²) in [6, 6.07) is 4.02. The molecule has 1 aromatic rings. The summed E-state index contributed by atoms with van der Waals surface area (Å²) in [7, 11) is 3.56. The molecule has 1 amide bonds. The van der Waals surface area contributed by atoms with Crippen molar-refractivity contribution in [3.05, 3.63) is 24.2 Å². The number of hydrogen-bond acceptors (Lipinski definition) is 3. The fraction of sp³-hybridized carbons (Fsp3) is 0.583. The third-order valence-electron chi connectivity index (χ3n) is 2.49. The van der Waals surface area contributed by atoms with Crippen LogP contribution < -0.4 is 5.32 Å². The summed E-state index contributed by atoms with van der Waals surface area (Å²) < 4.78 is 5.27. The zero-order valence-corrected chi connectivity index (χ0v) is 10.2. The second-order valence-corrected chi connectivity index (χ2v) is 4.08. The lowest BCUT2D eigenvalue weighted by Crippen LogP contribution is -2.24. The van der Waals surface area contributed by atoms with E-state index in [0.29, 0.717) is 6.42 Å². The molecule has 0 aliphatic rings. The average Bonchev–Trinajstić information content (AvgIpc) is 2.76. The predicted molar refractivity (Wildman–Crippen MR) is 63.1 cm³/mol. The fourth-order valence-corrected chi connectivity index (χ4v) is 1.42. The van der Waals surface area contributed by atoms with Crippen LogP contribution in [0.5, 0.6) is 0 Å². The first-order valence-corrected chi connectivity index (χ1v) is 5.58. The lowest BCUT2D eigenvalue weighted by atomic mass is 10.2. The highest BCUT2D eigenvalue weighted by atomic mass is 16.3. The van der Waals surface area contributed by atoms with Crippen LogP contribution in [0.2, 0.25) is 0 Å². The summed E-state index contributed by atoms with van der Waals surface area (Å²) in [6.45, 7) is 2.87. The van der Waals surface area contributed by atoms with Gasteiger partial charge in [0.2, 0.25) is 5.91 Å². The van der Waals surface area contributed by atoms with Crippen LogP contribution in [0, 0.1) is 0 Å². The van der Waals surface area contributed by atoms with Crippen molar-refractivity contribution in [2.45, 2.75) is 25.8 Å². The summed E-state index contributed by atoms with van der Waals surface area (Å²) in [5.41, 5.74) is 0. The summed E-state index contributed by atoms with van der Waals surface area (Å²) in [6.07, 6.45) is 3.11. The van der Waals surface area contributed by atoms with Gasteiger partial charge in [-0.05, 0) is 32.0 Å². The second kappa shape index (κ2) is 6.33. The van der Waals surface area contributed by atoms with E-state index in [1.54, 1.807) is 25.3 Å². The smallest absolute Gasteiger partial charge is 0.222 e. The normalized spacial score (nSPS) is 12.4. The lowest BCUT2D eigenvalue weighted by Gasteiger charge is -2.12. The molecule has 0 spiro atoms. The van der Waals surface area contributed by atoms with E-state index in [-0.39, 0.29) is 11.9 Å². The molecule has 0 bridgehead atoms. The first-order valence-electron chi connectivity index (χ1n) is 5.58. The SMILES string of the molecule is C[C@@H](NCCCC(=O)N(C)C)c1ccco1. The highest BCUT2D eigenvalue weighted by Gasteiger charge is 2.07. The molecule has 1 atom stereocenters. The van der Waals surface area contributed by atoms with E-state index in [1.807, 2.05) is 19.1 Å². The largest absolute Gasteiger partial charge is 0.468 e.